The molecule has 6 nitrogen and oxygen atoms in total. The highest BCUT2D eigenvalue weighted by Crippen LogP contribution is 2.34. The first-order valence-corrected chi connectivity index (χ1v) is 9.99. The van der Waals surface area contributed by atoms with Gasteiger partial charge in [0.25, 0.3) is 5.91 Å². The number of fused-ring (bicyclic) bond motifs is 1. The van der Waals surface area contributed by atoms with Crippen LogP contribution in [0, 0.1) is 6.92 Å². The number of rotatable bonds is 6. The molecule has 1 amide bonds. The lowest BCUT2D eigenvalue weighted by atomic mass is 10.2. The zero-order chi connectivity index (χ0) is 20.4. The van der Waals surface area contributed by atoms with Gasteiger partial charge in [-0.25, -0.2) is 4.79 Å². The summed E-state index contributed by atoms with van der Waals surface area (Å²) in [7, 11) is 3.48. The van der Waals surface area contributed by atoms with E-state index in [9.17, 15) is 9.59 Å². The smallest absolute Gasteiger partial charge is 0.328 e. The molecule has 148 valence electrons. The maximum Gasteiger partial charge on any atom is 0.328 e. The van der Waals surface area contributed by atoms with Gasteiger partial charge in [-0.3, -0.25) is 13.9 Å². The van der Waals surface area contributed by atoms with Crippen molar-refractivity contribution in [2.45, 2.75) is 30.9 Å². The Labute approximate surface area is 168 Å². The van der Waals surface area contributed by atoms with Crippen molar-refractivity contribution in [3.05, 3.63) is 52.4 Å². The highest BCUT2D eigenvalue weighted by Gasteiger charge is 2.16. The maximum atomic E-state index is 12.5. The Bertz CT molecular complexity index is 1070. The minimum Gasteiger partial charge on any atom is -0.484 e. The van der Waals surface area contributed by atoms with E-state index < -0.39 is 0 Å². The van der Waals surface area contributed by atoms with Crippen LogP contribution in [0.2, 0.25) is 0 Å². The molecule has 3 aromatic rings. The van der Waals surface area contributed by atoms with E-state index in [1.807, 2.05) is 43.3 Å². The van der Waals surface area contributed by atoms with Crippen molar-refractivity contribution in [2.24, 2.45) is 14.1 Å². The van der Waals surface area contributed by atoms with E-state index >= 15 is 0 Å². The molecule has 0 atom stereocenters. The van der Waals surface area contributed by atoms with Crippen LogP contribution in [0.25, 0.3) is 11.0 Å². The number of hydrogen-bond donors (Lipinski definition) is 1. The lowest BCUT2D eigenvalue weighted by Gasteiger charge is -2.14. The molecule has 1 N–H and O–H groups in total. The van der Waals surface area contributed by atoms with Gasteiger partial charge in [0.1, 0.15) is 5.75 Å². The molecule has 0 aliphatic heterocycles. The number of hydrogen-bond acceptors (Lipinski definition) is 4. The quantitative estimate of drug-likeness (QED) is 0.642. The van der Waals surface area contributed by atoms with Gasteiger partial charge in [0.05, 0.1) is 16.7 Å². The van der Waals surface area contributed by atoms with Gasteiger partial charge in [-0.1, -0.05) is 31.5 Å². The van der Waals surface area contributed by atoms with Crippen LogP contribution in [-0.2, 0) is 18.9 Å². The molecule has 3 rings (SSSR count). The number of ether oxygens (including phenoxy) is 1. The number of imidazole rings is 1. The van der Waals surface area contributed by atoms with Gasteiger partial charge in [-0.15, -0.1) is 11.8 Å². The third-order valence-corrected chi connectivity index (χ3v) is 5.46. The summed E-state index contributed by atoms with van der Waals surface area (Å²) in [5.41, 5.74) is 3.33. The highest BCUT2D eigenvalue weighted by atomic mass is 32.2. The Morgan fingerprint density at radius 2 is 1.71 bits per heavy atom. The second-order valence-electron chi connectivity index (χ2n) is 7.05. The lowest BCUT2D eigenvalue weighted by molar-refractivity contribution is -0.118. The number of nitrogens with one attached hydrogen (secondary N) is 1. The number of carbonyl (C=O) groups is 1. The molecule has 2 aromatic carbocycles. The first kappa shape index (κ1) is 20.1. The molecule has 0 saturated carbocycles. The number of amides is 1. The zero-order valence-corrected chi connectivity index (χ0v) is 17.6. The van der Waals surface area contributed by atoms with Crippen molar-refractivity contribution in [1.29, 1.82) is 0 Å². The van der Waals surface area contributed by atoms with Gasteiger partial charge in [-0.05, 0) is 31.2 Å². The van der Waals surface area contributed by atoms with E-state index in [1.54, 1.807) is 35.0 Å². The molecule has 0 aliphatic carbocycles. The summed E-state index contributed by atoms with van der Waals surface area (Å²) >= 11 is 1.64. The van der Waals surface area contributed by atoms with Crippen LogP contribution < -0.4 is 15.7 Å². The van der Waals surface area contributed by atoms with Crippen LogP contribution in [0.5, 0.6) is 5.75 Å². The fourth-order valence-corrected chi connectivity index (χ4v) is 3.87. The topological polar surface area (TPSA) is 65.3 Å². The third kappa shape index (κ3) is 4.25. The summed E-state index contributed by atoms with van der Waals surface area (Å²) in [6.07, 6.45) is 0. The molecular formula is C21H25N3O3S. The van der Waals surface area contributed by atoms with Crippen molar-refractivity contribution in [1.82, 2.24) is 9.13 Å². The van der Waals surface area contributed by atoms with Gasteiger partial charge in [0.15, 0.2) is 6.61 Å². The molecule has 0 spiro atoms. The van der Waals surface area contributed by atoms with Gasteiger partial charge in [0.2, 0.25) is 0 Å². The van der Waals surface area contributed by atoms with E-state index in [0.29, 0.717) is 16.7 Å². The molecular weight excluding hydrogens is 374 g/mol. The van der Waals surface area contributed by atoms with E-state index in [-0.39, 0.29) is 18.2 Å². The first-order chi connectivity index (χ1) is 13.3. The molecule has 0 aliphatic rings. The van der Waals surface area contributed by atoms with Crippen LogP contribution in [0.1, 0.15) is 19.4 Å². The Hall–Kier alpha value is -2.67. The van der Waals surface area contributed by atoms with Crippen LogP contribution in [0.15, 0.2) is 46.1 Å². The van der Waals surface area contributed by atoms with Crippen molar-refractivity contribution in [2.75, 3.05) is 11.9 Å². The fraction of sp³-hybridized carbons (Fsp3) is 0.333. The van der Waals surface area contributed by atoms with Crippen LogP contribution in [0.4, 0.5) is 5.69 Å². The van der Waals surface area contributed by atoms with Crippen molar-refractivity contribution < 1.29 is 9.53 Å². The summed E-state index contributed by atoms with van der Waals surface area (Å²) in [6.45, 7) is 6.09. The van der Waals surface area contributed by atoms with Gasteiger partial charge < -0.3 is 10.1 Å². The first-order valence-electron chi connectivity index (χ1n) is 9.11. The summed E-state index contributed by atoms with van der Waals surface area (Å²) in [4.78, 5) is 25.6. The molecule has 0 radical (unpaired) electrons. The number of aromatic nitrogens is 2. The average Bonchev–Trinajstić information content (AvgIpc) is 2.85. The Morgan fingerprint density at radius 1 is 1.11 bits per heavy atom. The predicted molar refractivity (Wildman–Crippen MR) is 114 cm³/mol. The zero-order valence-electron chi connectivity index (χ0n) is 16.8. The number of anilines is 1. The largest absolute Gasteiger partial charge is 0.484 e. The minimum atomic E-state index is -0.244. The van der Waals surface area contributed by atoms with Crippen molar-refractivity contribution in [3.63, 3.8) is 0 Å². The van der Waals surface area contributed by atoms with Crippen molar-refractivity contribution >= 4 is 34.4 Å². The molecule has 1 aromatic heterocycles. The molecule has 7 heteroatoms. The Balaban J connectivity index is 1.85. The number of thioether (sulfide) groups is 1. The summed E-state index contributed by atoms with van der Waals surface area (Å²) in [6, 6.07) is 11.4. The summed E-state index contributed by atoms with van der Waals surface area (Å²) < 4.78 is 8.77. The van der Waals surface area contributed by atoms with E-state index in [2.05, 4.69) is 19.2 Å². The summed E-state index contributed by atoms with van der Waals surface area (Å²) in [5.74, 6) is 0.407. The van der Waals surface area contributed by atoms with Crippen LogP contribution in [0.3, 0.4) is 0 Å². The molecule has 1 heterocycles. The SMILES string of the molecule is Cc1ccc(OCC(=O)Nc2cc3c(cc2SC(C)C)n(C)c(=O)n3C)cc1. The van der Waals surface area contributed by atoms with Gasteiger partial charge in [0, 0.05) is 24.2 Å². The normalized spacial score (nSPS) is 11.2. The standard InChI is InChI=1S/C21H25N3O3S/c1-13(2)28-19-11-18-17(23(4)21(26)24(18)5)10-16(19)22-20(25)12-27-15-8-6-14(3)7-9-15/h6-11,13H,12H2,1-5H3,(H,22,25). The molecule has 0 bridgehead atoms. The van der Waals surface area contributed by atoms with E-state index in [1.165, 1.54) is 0 Å². The number of benzene rings is 2. The van der Waals surface area contributed by atoms with Crippen LogP contribution in [-0.4, -0.2) is 26.9 Å². The Morgan fingerprint density at radius 3 is 2.32 bits per heavy atom. The molecule has 28 heavy (non-hydrogen) atoms. The Kier molecular flexibility index (Phi) is 5.84. The minimum absolute atomic E-state index is 0.0827. The second-order valence-corrected chi connectivity index (χ2v) is 8.67. The number of nitrogens with zero attached hydrogens (tertiary/aromatic N) is 2. The van der Waals surface area contributed by atoms with E-state index in [0.717, 1.165) is 21.5 Å². The monoisotopic (exact) mass is 399 g/mol. The second kappa shape index (κ2) is 8.14. The van der Waals surface area contributed by atoms with E-state index in [4.69, 9.17) is 4.74 Å². The van der Waals surface area contributed by atoms with Crippen molar-refractivity contribution in [3.8, 4) is 5.75 Å². The lowest BCUT2D eigenvalue weighted by Crippen LogP contribution is -2.20. The molecule has 0 fully saturated rings. The summed E-state index contributed by atoms with van der Waals surface area (Å²) in [5, 5.41) is 3.27. The molecule has 0 saturated heterocycles. The fourth-order valence-electron chi connectivity index (χ4n) is 2.94. The van der Waals surface area contributed by atoms with Gasteiger partial charge in [-0.2, -0.15) is 0 Å². The van der Waals surface area contributed by atoms with Gasteiger partial charge >= 0.3 is 5.69 Å². The number of carbonyl (C=O) groups excluding carboxylic acids is 1. The highest BCUT2D eigenvalue weighted by molar-refractivity contribution is 8.00. The third-order valence-electron chi connectivity index (χ3n) is 4.40. The average molecular weight is 400 g/mol. The predicted octanol–water partition coefficient (Wildman–Crippen LogP) is 3.70. The maximum absolute atomic E-state index is 12.5. The molecule has 0 unspecified atom stereocenters. The van der Waals surface area contributed by atoms with Crippen LogP contribution >= 0.6 is 11.8 Å². The number of aryl methyl sites for hydroxylation is 3.